The summed E-state index contributed by atoms with van der Waals surface area (Å²) in [6.45, 7) is 19.9. The van der Waals surface area contributed by atoms with Crippen LogP contribution in [-0.2, 0) is 0 Å². The fraction of sp³-hybridized carbons (Fsp3) is 0.400. The number of allylic oxidation sites excluding steroid dienone is 10. The first-order valence-electron chi connectivity index (χ1n) is 7.18. The number of hydrogen-bond donors (Lipinski definition) is 0. The van der Waals surface area contributed by atoms with E-state index in [0.29, 0.717) is 0 Å². The van der Waals surface area contributed by atoms with Crippen molar-refractivity contribution in [1.29, 1.82) is 0 Å². The topological polar surface area (TPSA) is 0 Å². The maximum Gasteiger partial charge on any atom is -0.0161 e. The minimum atomic E-state index is 1.03. The molecule has 0 radical (unpaired) electrons. The molecular formula is C20H32. The Kier molecular flexibility index (Phi) is 14.4. The van der Waals surface area contributed by atoms with Gasteiger partial charge in [-0.1, -0.05) is 71.9 Å². The summed E-state index contributed by atoms with van der Waals surface area (Å²) in [6, 6.07) is 0. The van der Waals surface area contributed by atoms with Crippen molar-refractivity contribution in [2.75, 3.05) is 0 Å². The Morgan fingerprint density at radius 1 is 0.600 bits per heavy atom. The van der Waals surface area contributed by atoms with Crippen LogP contribution >= 0.6 is 0 Å². The average molecular weight is 272 g/mol. The van der Waals surface area contributed by atoms with E-state index in [1.807, 2.05) is 12.2 Å². The van der Waals surface area contributed by atoms with Crippen LogP contribution in [0.15, 0.2) is 71.9 Å². The molecule has 20 heavy (non-hydrogen) atoms. The highest BCUT2D eigenvalue weighted by molar-refractivity contribution is 5.15. The second-order valence-electron chi connectivity index (χ2n) is 5.34. The maximum atomic E-state index is 3.67. The van der Waals surface area contributed by atoms with Crippen LogP contribution in [0.5, 0.6) is 0 Å². The molecule has 0 bridgehead atoms. The lowest BCUT2D eigenvalue weighted by Gasteiger charge is -1.89. The van der Waals surface area contributed by atoms with Gasteiger partial charge in [-0.25, -0.2) is 0 Å². The summed E-state index contributed by atoms with van der Waals surface area (Å²) in [5, 5.41) is 0. The second-order valence-corrected chi connectivity index (χ2v) is 5.34. The summed E-state index contributed by atoms with van der Waals surface area (Å²) >= 11 is 0. The second kappa shape index (κ2) is 13.9. The summed E-state index contributed by atoms with van der Waals surface area (Å²) in [6.07, 6.45) is 14.5. The quantitative estimate of drug-likeness (QED) is 0.362. The van der Waals surface area contributed by atoms with Crippen molar-refractivity contribution in [2.45, 2.75) is 54.4 Å². The van der Waals surface area contributed by atoms with E-state index in [1.54, 1.807) is 0 Å². The summed E-state index contributed by atoms with van der Waals surface area (Å²) in [5.74, 6) is 0. The lowest BCUT2D eigenvalue weighted by molar-refractivity contribution is 1.26. The van der Waals surface area contributed by atoms with Gasteiger partial charge in [-0.3, -0.25) is 0 Å². The molecule has 0 fully saturated rings. The van der Waals surface area contributed by atoms with Crippen molar-refractivity contribution in [1.82, 2.24) is 0 Å². The molecular weight excluding hydrogens is 240 g/mol. The van der Waals surface area contributed by atoms with Crippen molar-refractivity contribution < 1.29 is 0 Å². The Balaban J connectivity index is 0. The molecule has 0 N–H and O–H groups in total. The SMILES string of the molecule is C=C/C(C)=C\CC=C(C)C.C=C/C(C)=C\CC=C(C)C. The number of rotatable bonds is 6. The van der Waals surface area contributed by atoms with Crippen LogP contribution in [0.25, 0.3) is 0 Å². The highest BCUT2D eigenvalue weighted by Gasteiger charge is 1.78. The minimum absolute atomic E-state index is 1.03. The van der Waals surface area contributed by atoms with Crippen LogP contribution < -0.4 is 0 Å². The zero-order chi connectivity index (χ0) is 16.0. The van der Waals surface area contributed by atoms with Crippen LogP contribution in [0.1, 0.15) is 54.4 Å². The first kappa shape index (κ1) is 20.8. The molecule has 0 aliphatic rings. The van der Waals surface area contributed by atoms with E-state index >= 15 is 0 Å². The Hall–Kier alpha value is -1.56. The summed E-state index contributed by atoms with van der Waals surface area (Å²) in [4.78, 5) is 0. The van der Waals surface area contributed by atoms with Crippen molar-refractivity contribution in [2.24, 2.45) is 0 Å². The van der Waals surface area contributed by atoms with Crippen LogP contribution in [0.2, 0.25) is 0 Å². The molecule has 0 spiro atoms. The smallest absolute Gasteiger partial charge is 0.0161 e. The summed E-state index contributed by atoms with van der Waals surface area (Å²) in [5.41, 5.74) is 5.23. The van der Waals surface area contributed by atoms with Gasteiger partial charge in [0.1, 0.15) is 0 Å². The van der Waals surface area contributed by atoms with Crippen LogP contribution in [0.3, 0.4) is 0 Å². The molecule has 0 aromatic heterocycles. The zero-order valence-electron chi connectivity index (χ0n) is 14.3. The lowest BCUT2D eigenvalue weighted by Crippen LogP contribution is -1.68. The Morgan fingerprint density at radius 2 is 0.900 bits per heavy atom. The molecule has 0 aliphatic heterocycles. The van der Waals surface area contributed by atoms with Gasteiger partial charge in [-0.05, 0) is 54.4 Å². The van der Waals surface area contributed by atoms with Crippen LogP contribution in [0.4, 0.5) is 0 Å². The van der Waals surface area contributed by atoms with Crippen LogP contribution in [-0.4, -0.2) is 0 Å². The first-order valence-corrected chi connectivity index (χ1v) is 7.18. The monoisotopic (exact) mass is 272 g/mol. The average Bonchev–Trinajstić information content (AvgIpc) is 2.38. The number of hydrogen-bond acceptors (Lipinski definition) is 0. The standard InChI is InChI=1S/2C10H16/c2*1-5-10(4)8-6-7-9(2)3/h2*5,7-8H,1,6H2,2-4H3/b2*10-8-. The molecule has 0 rings (SSSR count). The van der Waals surface area contributed by atoms with E-state index in [-0.39, 0.29) is 0 Å². The third-order valence-electron chi connectivity index (χ3n) is 2.58. The molecule has 0 aromatic carbocycles. The predicted molar refractivity (Wildman–Crippen MR) is 96.0 cm³/mol. The molecule has 0 aromatic rings. The van der Waals surface area contributed by atoms with Gasteiger partial charge in [0.2, 0.25) is 0 Å². The third kappa shape index (κ3) is 18.8. The van der Waals surface area contributed by atoms with Crippen molar-refractivity contribution in [3.05, 3.63) is 71.9 Å². The van der Waals surface area contributed by atoms with Crippen molar-refractivity contribution >= 4 is 0 Å². The summed E-state index contributed by atoms with van der Waals surface area (Å²) in [7, 11) is 0. The third-order valence-corrected chi connectivity index (χ3v) is 2.58. The minimum Gasteiger partial charge on any atom is -0.0988 e. The van der Waals surface area contributed by atoms with Gasteiger partial charge in [0.15, 0.2) is 0 Å². The van der Waals surface area contributed by atoms with Gasteiger partial charge in [0.25, 0.3) is 0 Å². The fourth-order valence-electron chi connectivity index (χ4n) is 1.13. The molecule has 0 amide bonds. The van der Waals surface area contributed by atoms with E-state index < -0.39 is 0 Å². The zero-order valence-corrected chi connectivity index (χ0v) is 14.3. The first-order chi connectivity index (χ1) is 9.33. The van der Waals surface area contributed by atoms with Gasteiger partial charge >= 0.3 is 0 Å². The van der Waals surface area contributed by atoms with Gasteiger partial charge in [0, 0.05) is 0 Å². The van der Waals surface area contributed by atoms with Crippen LogP contribution in [0, 0.1) is 0 Å². The van der Waals surface area contributed by atoms with E-state index in [2.05, 4.69) is 79.0 Å². The Morgan fingerprint density at radius 3 is 1.10 bits per heavy atom. The van der Waals surface area contributed by atoms with Gasteiger partial charge in [-0.2, -0.15) is 0 Å². The molecule has 0 atom stereocenters. The molecule has 0 heterocycles. The molecule has 0 unspecified atom stereocenters. The molecule has 0 heteroatoms. The van der Waals surface area contributed by atoms with Crippen molar-refractivity contribution in [3.8, 4) is 0 Å². The Bertz CT molecular complexity index is 350. The predicted octanol–water partition coefficient (Wildman–Crippen LogP) is 6.95. The van der Waals surface area contributed by atoms with E-state index in [9.17, 15) is 0 Å². The van der Waals surface area contributed by atoms with E-state index in [0.717, 1.165) is 12.8 Å². The largest absolute Gasteiger partial charge is 0.0988 e. The Labute approximate surface area is 127 Å². The fourth-order valence-corrected chi connectivity index (χ4v) is 1.13. The molecule has 0 nitrogen and oxygen atoms in total. The highest BCUT2D eigenvalue weighted by atomic mass is 13.9. The lowest BCUT2D eigenvalue weighted by atomic mass is 10.2. The highest BCUT2D eigenvalue weighted by Crippen LogP contribution is 1.99. The molecule has 112 valence electrons. The molecule has 0 saturated heterocycles. The molecule has 0 saturated carbocycles. The van der Waals surface area contributed by atoms with Gasteiger partial charge in [-0.15, -0.1) is 0 Å². The van der Waals surface area contributed by atoms with Gasteiger partial charge < -0.3 is 0 Å². The summed E-state index contributed by atoms with van der Waals surface area (Å²) < 4.78 is 0. The maximum absolute atomic E-state index is 3.67. The van der Waals surface area contributed by atoms with Gasteiger partial charge in [0.05, 0.1) is 0 Å². The van der Waals surface area contributed by atoms with E-state index in [1.165, 1.54) is 22.3 Å². The van der Waals surface area contributed by atoms with Crippen molar-refractivity contribution in [3.63, 3.8) is 0 Å². The van der Waals surface area contributed by atoms with E-state index in [4.69, 9.17) is 0 Å². The molecule has 0 aliphatic carbocycles. The normalized spacial score (nSPS) is 10.9.